The lowest BCUT2D eigenvalue weighted by molar-refractivity contribution is -0.120. The van der Waals surface area contributed by atoms with E-state index < -0.39 is 15.9 Å². The molecule has 0 atom stereocenters. The Bertz CT molecular complexity index is 908. The van der Waals surface area contributed by atoms with Crippen LogP contribution in [0.5, 0.6) is 0 Å². The summed E-state index contributed by atoms with van der Waals surface area (Å²) in [6.45, 7) is 1.20. The van der Waals surface area contributed by atoms with Gasteiger partial charge in [-0.15, -0.1) is 0 Å². The van der Waals surface area contributed by atoms with Crippen molar-refractivity contribution in [2.45, 2.75) is 4.90 Å². The van der Waals surface area contributed by atoms with Crippen LogP contribution in [0.4, 0.5) is 5.69 Å². The first-order valence-electron chi connectivity index (χ1n) is 8.74. The zero-order valence-electron chi connectivity index (χ0n) is 15.2. The molecule has 2 aromatic rings. The van der Waals surface area contributed by atoms with Gasteiger partial charge in [-0.05, 0) is 29.8 Å². The highest BCUT2D eigenvalue weighted by Crippen LogP contribution is 2.19. The van der Waals surface area contributed by atoms with E-state index in [0.717, 1.165) is 5.56 Å². The largest absolute Gasteiger partial charge is 0.386 e. The minimum atomic E-state index is -3.55. The zero-order chi connectivity index (χ0) is 19.8. The molecule has 148 valence electrons. The van der Waals surface area contributed by atoms with Crippen molar-refractivity contribution in [3.8, 4) is 0 Å². The lowest BCUT2D eigenvalue weighted by Crippen LogP contribution is -2.40. The summed E-state index contributed by atoms with van der Waals surface area (Å²) < 4.78 is 31.7. The number of sulfonamides is 1. The fourth-order valence-corrected chi connectivity index (χ4v) is 3.98. The summed E-state index contributed by atoms with van der Waals surface area (Å²) in [6, 6.07) is 15.4. The van der Waals surface area contributed by atoms with E-state index in [-0.39, 0.29) is 11.5 Å². The SMILES string of the molecule is O=C(CO/N=C\c1ccccc1)Nc1ccc(S(=O)(=O)N2CCOCC2)cc1. The minimum absolute atomic E-state index is 0.177. The summed E-state index contributed by atoms with van der Waals surface area (Å²) in [6.07, 6.45) is 1.51. The van der Waals surface area contributed by atoms with E-state index >= 15 is 0 Å². The molecule has 2 aromatic carbocycles. The molecule has 1 aliphatic rings. The summed E-state index contributed by atoms with van der Waals surface area (Å²) in [5, 5.41) is 6.37. The lowest BCUT2D eigenvalue weighted by atomic mass is 10.2. The Kier molecular flexibility index (Phi) is 6.75. The Morgan fingerprint density at radius 1 is 1.11 bits per heavy atom. The van der Waals surface area contributed by atoms with Crippen LogP contribution in [0.3, 0.4) is 0 Å². The smallest absolute Gasteiger partial charge is 0.265 e. The van der Waals surface area contributed by atoms with Gasteiger partial charge in [0.25, 0.3) is 5.91 Å². The van der Waals surface area contributed by atoms with Crippen LogP contribution in [-0.4, -0.2) is 57.8 Å². The van der Waals surface area contributed by atoms with Crippen LogP contribution in [0.15, 0.2) is 64.6 Å². The van der Waals surface area contributed by atoms with Gasteiger partial charge in [0.05, 0.1) is 24.3 Å². The number of ether oxygens (including phenoxy) is 1. The molecule has 0 unspecified atom stereocenters. The Hall–Kier alpha value is -2.75. The number of amides is 1. The van der Waals surface area contributed by atoms with Crippen LogP contribution < -0.4 is 5.32 Å². The highest BCUT2D eigenvalue weighted by molar-refractivity contribution is 7.89. The third-order valence-corrected chi connectivity index (χ3v) is 5.93. The summed E-state index contributed by atoms with van der Waals surface area (Å²) in [5.74, 6) is -0.394. The van der Waals surface area contributed by atoms with Crippen LogP contribution in [0.2, 0.25) is 0 Å². The van der Waals surface area contributed by atoms with Crippen molar-refractivity contribution < 1.29 is 22.8 Å². The molecular weight excluding hydrogens is 382 g/mol. The number of nitrogens with zero attached hydrogens (tertiary/aromatic N) is 2. The summed E-state index contributed by atoms with van der Waals surface area (Å²) in [5.41, 5.74) is 1.33. The second-order valence-corrected chi connectivity index (χ2v) is 7.95. The topological polar surface area (TPSA) is 97.3 Å². The maximum atomic E-state index is 12.6. The van der Waals surface area contributed by atoms with Crippen molar-refractivity contribution in [1.29, 1.82) is 0 Å². The van der Waals surface area contributed by atoms with E-state index in [1.165, 1.54) is 22.7 Å². The van der Waals surface area contributed by atoms with Crippen LogP contribution in [0.25, 0.3) is 0 Å². The molecule has 0 aliphatic carbocycles. The monoisotopic (exact) mass is 403 g/mol. The van der Waals surface area contributed by atoms with Gasteiger partial charge in [-0.3, -0.25) is 4.79 Å². The quantitative estimate of drug-likeness (QED) is 0.561. The molecule has 1 heterocycles. The second kappa shape index (κ2) is 9.45. The molecule has 1 fully saturated rings. The zero-order valence-corrected chi connectivity index (χ0v) is 16.0. The van der Waals surface area contributed by atoms with Crippen molar-refractivity contribution >= 4 is 27.8 Å². The third kappa shape index (κ3) is 5.38. The summed E-state index contributed by atoms with van der Waals surface area (Å²) in [4.78, 5) is 17.1. The van der Waals surface area contributed by atoms with Crippen molar-refractivity contribution in [2.75, 3.05) is 38.2 Å². The molecule has 0 spiro atoms. The number of hydrogen-bond donors (Lipinski definition) is 1. The number of carbonyl (C=O) groups is 1. The lowest BCUT2D eigenvalue weighted by Gasteiger charge is -2.26. The molecule has 9 heteroatoms. The summed E-state index contributed by atoms with van der Waals surface area (Å²) in [7, 11) is -3.55. The number of carbonyl (C=O) groups excluding carboxylic acids is 1. The van der Waals surface area contributed by atoms with Crippen LogP contribution >= 0.6 is 0 Å². The Morgan fingerprint density at radius 2 is 1.79 bits per heavy atom. The number of rotatable bonds is 7. The average molecular weight is 403 g/mol. The van der Waals surface area contributed by atoms with Gasteiger partial charge in [0.15, 0.2) is 6.61 Å². The molecule has 0 saturated carbocycles. The highest BCUT2D eigenvalue weighted by Gasteiger charge is 2.26. The van der Waals surface area contributed by atoms with Gasteiger partial charge >= 0.3 is 0 Å². The molecule has 1 aliphatic heterocycles. The number of morpholine rings is 1. The van der Waals surface area contributed by atoms with E-state index in [1.54, 1.807) is 12.1 Å². The summed E-state index contributed by atoms with van der Waals surface area (Å²) >= 11 is 0. The van der Waals surface area contributed by atoms with E-state index in [9.17, 15) is 13.2 Å². The normalized spacial score (nSPS) is 15.4. The first-order valence-corrected chi connectivity index (χ1v) is 10.2. The molecule has 8 nitrogen and oxygen atoms in total. The predicted octanol–water partition coefficient (Wildman–Crippen LogP) is 1.70. The number of hydrogen-bond acceptors (Lipinski definition) is 6. The maximum Gasteiger partial charge on any atom is 0.265 e. The number of anilines is 1. The van der Waals surface area contributed by atoms with Gasteiger partial charge in [-0.1, -0.05) is 35.5 Å². The van der Waals surface area contributed by atoms with E-state index in [1.807, 2.05) is 30.3 Å². The number of nitrogens with one attached hydrogen (secondary N) is 1. The van der Waals surface area contributed by atoms with Gasteiger partial charge in [0, 0.05) is 18.8 Å². The van der Waals surface area contributed by atoms with Gasteiger partial charge in [-0.25, -0.2) is 8.42 Å². The van der Waals surface area contributed by atoms with Crippen LogP contribution in [0.1, 0.15) is 5.56 Å². The Labute approximate surface area is 163 Å². The van der Waals surface area contributed by atoms with Gasteiger partial charge in [0.2, 0.25) is 10.0 Å². The molecule has 3 rings (SSSR count). The second-order valence-electron chi connectivity index (χ2n) is 6.01. The number of oxime groups is 1. The van der Waals surface area contributed by atoms with Gasteiger partial charge < -0.3 is 14.9 Å². The minimum Gasteiger partial charge on any atom is -0.386 e. The Morgan fingerprint density at radius 3 is 2.46 bits per heavy atom. The molecule has 0 radical (unpaired) electrons. The fourth-order valence-electron chi connectivity index (χ4n) is 2.58. The van der Waals surface area contributed by atoms with Crippen LogP contribution in [-0.2, 0) is 24.4 Å². The molecular formula is C19H21N3O5S. The van der Waals surface area contributed by atoms with E-state index in [0.29, 0.717) is 32.0 Å². The first-order chi connectivity index (χ1) is 13.6. The predicted molar refractivity (Wildman–Crippen MR) is 105 cm³/mol. The molecule has 1 amide bonds. The van der Waals surface area contributed by atoms with Crippen molar-refractivity contribution in [3.05, 3.63) is 60.2 Å². The third-order valence-electron chi connectivity index (χ3n) is 4.02. The highest BCUT2D eigenvalue weighted by atomic mass is 32.2. The van der Waals surface area contributed by atoms with E-state index in [4.69, 9.17) is 9.57 Å². The Balaban J connectivity index is 1.51. The molecule has 1 saturated heterocycles. The van der Waals surface area contributed by atoms with E-state index in [2.05, 4.69) is 10.5 Å². The average Bonchev–Trinajstić information content (AvgIpc) is 2.73. The molecule has 0 aromatic heterocycles. The molecule has 28 heavy (non-hydrogen) atoms. The molecule has 1 N–H and O–H groups in total. The van der Waals surface area contributed by atoms with Crippen LogP contribution in [0, 0.1) is 0 Å². The van der Waals surface area contributed by atoms with Crippen molar-refractivity contribution in [3.63, 3.8) is 0 Å². The molecule has 0 bridgehead atoms. The first kappa shape index (κ1) is 20.0. The van der Waals surface area contributed by atoms with Crippen molar-refractivity contribution in [2.24, 2.45) is 5.16 Å². The fraction of sp³-hybridized carbons (Fsp3) is 0.263. The maximum absolute atomic E-state index is 12.6. The van der Waals surface area contributed by atoms with Gasteiger partial charge in [-0.2, -0.15) is 4.31 Å². The van der Waals surface area contributed by atoms with Gasteiger partial charge in [0.1, 0.15) is 0 Å². The number of benzene rings is 2. The van der Waals surface area contributed by atoms with Crippen molar-refractivity contribution in [1.82, 2.24) is 4.31 Å². The standard InChI is InChI=1S/C19H21N3O5S/c23-19(15-27-20-14-16-4-2-1-3-5-16)21-17-6-8-18(9-7-17)28(24,25)22-10-12-26-13-11-22/h1-9,14H,10-13,15H2,(H,21,23)/b20-14-.